The number of benzene rings is 8. The summed E-state index contributed by atoms with van der Waals surface area (Å²) in [5.41, 5.74) is 18.4. The summed E-state index contributed by atoms with van der Waals surface area (Å²) in [5.74, 6) is 1.15. The van der Waals surface area contributed by atoms with Crippen LogP contribution in [0.4, 0.5) is 34.1 Å². The van der Waals surface area contributed by atoms with E-state index >= 15 is 0 Å². The second kappa shape index (κ2) is 12.4. The van der Waals surface area contributed by atoms with Gasteiger partial charge in [-0.15, -0.1) is 11.8 Å². The Labute approximate surface area is 321 Å². The fraction of sp³-hybridized carbons (Fsp3) is 0.0588. The molecule has 0 fully saturated rings. The van der Waals surface area contributed by atoms with Crippen molar-refractivity contribution in [3.8, 4) is 22.3 Å². The zero-order valence-electron chi connectivity index (χ0n) is 29.7. The Balaban J connectivity index is 1.18. The lowest BCUT2D eigenvalue weighted by Gasteiger charge is -2.33. The predicted molar refractivity (Wildman–Crippen MR) is 227 cm³/mol. The first kappa shape index (κ1) is 31.3. The lowest BCUT2D eigenvalue weighted by molar-refractivity contribution is 0.793. The molecule has 0 saturated heterocycles. The zero-order valence-corrected chi connectivity index (χ0v) is 30.5. The SMILES string of the molecule is c1ccc(N(c2ccccc2)c2ccc3c(c2)C2(c4ccccc4-c4ccccc42)c2cc(N(c4ccccc4)c4ccc5c(c4)CCS5)ccc2-3)cc1. The van der Waals surface area contributed by atoms with E-state index in [-0.39, 0.29) is 0 Å². The molecule has 0 bridgehead atoms. The fourth-order valence-corrected chi connectivity index (χ4v) is 10.4. The maximum absolute atomic E-state index is 2.50. The number of anilines is 6. The minimum absolute atomic E-state index is 0.500. The lowest BCUT2D eigenvalue weighted by atomic mass is 9.70. The van der Waals surface area contributed by atoms with E-state index in [1.54, 1.807) is 0 Å². The molecule has 0 aromatic heterocycles. The van der Waals surface area contributed by atoms with E-state index in [4.69, 9.17) is 0 Å². The van der Waals surface area contributed by atoms with Gasteiger partial charge in [0.05, 0.1) is 5.41 Å². The second-order valence-electron chi connectivity index (χ2n) is 14.4. The van der Waals surface area contributed by atoms with Gasteiger partial charge in [-0.1, -0.05) is 115 Å². The number of para-hydroxylation sites is 3. The van der Waals surface area contributed by atoms with Crippen molar-refractivity contribution in [2.24, 2.45) is 0 Å². The molecule has 0 atom stereocenters. The molecular weight excluding hydrogens is 673 g/mol. The minimum atomic E-state index is -0.500. The highest BCUT2D eigenvalue weighted by Gasteiger charge is 2.52. The number of thioether (sulfide) groups is 1. The van der Waals surface area contributed by atoms with Gasteiger partial charge in [-0.3, -0.25) is 0 Å². The van der Waals surface area contributed by atoms with Crippen LogP contribution in [0.1, 0.15) is 27.8 Å². The molecule has 2 aliphatic carbocycles. The number of hydrogen-bond donors (Lipinski definition) is 0. The molecule has 1 aliphatic heterocycles. The standard InChI is InChI=1S/C51H36N2S/c1-4-14-36(15-5-1)52(37-16-6-2-7-17-37)40-24-27-44-45-28-25-41(53(38-18-8-3-9-19-38)39-26-29-50-35(32-39)30-31-54-50)34-49(45)51(48(44)33-40)46-22-12-10-20-42(46)43-21-11-13-23-47(43)51/h1-29,32-34H,30-31H2. The Kier molecular flexibility index (Phi) is 7.18. The molecule has 54 heavy (non-hydrogen) atoms. The zero-order chi connectivity index (χ0) is 35.6. The molecular formula is C51H36N2S. The first-order valence-electron chi connectivity index (χ1n) is 18.8. The van der Waals surface area contributed by atoms with Gasteiger partial charge < -0.3 is 9.80 Å². The minimum Gasteiger partial charge on any atom is -0.310 e. The summed E-state index contributed by atoms with van der Waals surface area (Å²) >= 11 is 1.97. The van der Waals surface area contributed by atoms with Crippen molar-refractivity contribution >= 4 is 45.9 Å². The van der Waals surface area contributed by atoms with Crippen LogP contribution in [0.3, 0.4) is 0 Å². The van der Waals surface area contributed by atoms with E-state index in [0.717, 1.165) is 40.6 Å². The van der Waals surface area contributed by atoms with Crippen molar-refractivity contribution < 1.29 is 0 Å². The van der Waals surface area contributed by atoms with E-state index < -0.39 is 5.41 Å². The normalized spacial score (nSPS) is 13.9. The van der Waals surface area contributed by atoms with Crippen molar-refractivity contribution in [1.29, 1.82) is 0 Å². The Morgan fingerprint density at radius 1 is 0.352 bits per heavy atom. The second-order valence-corrected chi connectivity index (χ2v) is 15.5. The molecule has 3 aliphatic rings. The third-order valence-corrected chi connectivity index (χ3v) is 12.7. The molecule has 256 valence electrons. The first-order valence-corrected chi connectivity index (χ1v) is 19.8. The van der Waals surface area contributed by atoms with Gasteiger partial charge >= 0.3 is 0 Å². The number of rotatable bonds is 6. The van der Waals surface area contributed by atoms with E-state index in [2.05, 4.69) is 204 Å². The predicted octanol–water partition coefficient (Wildman–Crippen LogP) is 13.6. The van der Waals surface area contributed by atoms with E-state index in [0.29, 0.717) is 0 Å². The van der Waals surface area contributed by atoms with Crippen LogP contribution in [0.15, 0.2) is 199 Å². The number of fused-ring (bicyclic) bond motifs is 11. The molecule has 3 heteroatoms. The van der Waals surface area contributed by atoms with Gasteiger partial charge in [-0.2, -0.15) is 0 Å². The van der Waals surface area contributed by atoms with Gasteiger partial charge in [0.1, 0.15) is 0 Å². The van der Waals surface area contributed by atoms with Gasteiger partial charge in [0.2, 0.25) is 0 Å². The van der Waals surface area contributed by atoms with Crippen molar-refractivity contribution in [2.75, 3.05) is 15.6 Å². The summed E-state index contributed by atoms with van der Waals surface area (Å²) < 4.78 is 0. The third-order valence-electron chi connectivity index (χ3n) is 11.5. The fourth-order valence-electron chi connectivity index (χ4n) is 9.33. The maximum atomic E-state index is 2.50. The van der Waals surface area contributed by atoms with Gasteiger partial charge in [0.25, 0.3) is 0 Å². The van der Waals surface area contributed by atoms with Crippen molar-refractivity contribution in [1.82, 2.24) is 0 Å². The van der Waals surface area contributed by atoms with Crippen LogP contribution in [0.5, 0.6) is 0 Å². The van der Waals surface area contributed by atoms with Crippen LogP contribution >= 0.6 is 11.8 Å². The molecule has 2 nitrogen and oxygen atoms in total. The molecule has 0 unspecified atom stereocenters. The summed E-state index contributed by atoms with van der Waals surface area (Å²) in [6.45, 7) is 0. The summed E-state index contributed by atoms with van der Waals surface area (Å²) in [6.07, 6.45) is 1.11. The van der Waals surface area contributed by atoms with Crippen molar-refractivity contribution in [2.45, 2.75) is 16.7 Å². The monoisotopic (exact) mass is 708 g/mol. The molecule has 11 rings (SSSR count). The average Bonchev–Trinajstić information content (AvgIpc) is 3.91. The largest absolute Gasteiger partial charge is 0.310 e. The quantitative estimate of drug-likeness (QED) is 0.170. The number of aryl methyl sites for hydroxylation is 1. The Hall–Kier alpha value is -6.29. The van der Waals surface area contributed by atoms with Crippen molar-refractivity contribution in [3.05, 3.63) is 222 Å². The highest BCUT2D eigenvalue weighted by molar-refractivity contribution is 7.99. The summed E-state index contributed by atoms with van der Waals surface area (Å²) in [5, 5.41) is 0. The van der Waals surface area contributed by atoms with Crippen LogP contribution in [0.25, 0.3) is 22.3 Å². The first-order chi connectivity index (χ1) is 26.8. The number of nitrogens with zero attached hydrogens (tertiary/aromatic N) is 2. The van der Waals surface area contributed by atoms with Crippen molar-refractivity contribution in [3.63, 3.8) is 0 Å². The smallest absolute Gasteiger partial charge is 0.0727 e. The van der Waals surface area contributed by atoms with E-state index in [9.17, 15) is 0 Å². The summed E-state index contributed by atoms with van der Waals surface area (Å²) in [7, 11) is 0. The average molecular weight is 709 g/mol. The van der Waals surface area contributed by atoms with Crippen LogP contribution in [0, 0.1) is 0 Å². The van der Waals surface area contributed by atoms with Crippen LogP contribution < -0.4 is 9.80 Å². The Morgan fingerprint density at radius 2 is 0.759 bits per heavy atom. The highest BCUT2D eigenvalue weighted by Crippen LogP contribution is 2.64. The van der Waals surface area contributed by atoms with Crippen LogP contribution in [-0.4, -0.2) is 5.75 Å². The molecule has 0 amide bonds. The molecule has 0 saturated carbocycles. The van der Waals surface area contributed by atoms with Gasteiger partial charge in [0, 0.05) is 44.8 Å². The lowest BCUT2D eigenvalue weighted by Crippen LogP contribution is -2.26. The molecule has 0 N–H and O–H groups in total. The van der Waals surface area contributed by atoms with Crippen LogP contribution in [0.2, 0.25) is 0 Å². The molecule has 0 radical (unpaired) electrons. The van der Waals surface area contributed by atoms with Gasteiger partial charge in [-0.25, -0.2) is 0 Å². The summed E-state index contributed by atoms with van der Waals surface area (Å²) in [4.78, 5) is 6.24. The molecule has 1 heterocycles. The summed E-state index contributed by atoms with van der Waals surface area (Å²) in [6, 6.07) is 71.9. The molecule has 8 aromatic rings. The van der Waals surface area contributed by atoms with Gasteiger partial charge in [0.15, 0.2) is 0 Å². The Bertz CT molecular complexity index is 2620. The van der Waals surface area contributed by atoms with Crippen LogP contribution in [-0.2, 0) is 11.8 Å². The molecule has 1 spiro atoms. The van der Waals surface area contributed by atoms with E-state index in [1.807, 2.05) is 11.8 Å². The third kappa shape index (κ3) is 4.61. The maximum Gasteiger partial charge on any atom is 0.0727 e. The van der Waals surface area contributed by atoms with E-state index in [1.165, 1.54) is 60.7 Å². The number of hydrogen-bond acceptors (Lipinski definition) is 3. The van der Waals surface area contributed by atoms with Gasteiger partial charge in [-0.05, 0) is 135 Å². The highest BCUT2D eigenvalue weighted by atomic mass is 32.2. The Morgan fingerprint density at radius 3 is 1.28 bits per heavy atom. The molecule has 8 aromatic carbocycles. The topological polar surface area (TPSA) is 6.48 Å².